The van der Waals surface area contributed by atoms with Gasteiger partial charge in [0.2, 0.25) is 12.1 Å². The molecule has 6 heteroatoms. The Bertz CT molecular complexity index is 590. The van der Waals surface area contributed by atoms with Gasteiger partial charge in [-0.15, -0.1) is 0 Å². The molecule has 6 nitrogen and oxygen atoms in total. The first-order valence-electron chi connectivity index (χ1n) is 5.36. The number of hydrogen-bond donors (Lipinski definition) is 0. The van der Waals surface area contributed by atoms with Crippen LogP contribution in [-0.4, -0.2) is 15.3 Å². The van der Waals surface area contributed by atoms with Gasteiger partial charge >= 0.3 is 5.82 Å². The fraction of sp³-hybridized carbons (Fsp3) is 0.167. The number of aromatic nitrogens is 2. The van der Waals surface area contributed by atoms with Gasteiger partial charge in [-0.05, 0) is 4.92 Å². The second-order valence-electron chi connectivity index (χ2n) is 3.93. The molecule has 0 aliphatic rings. The van der Waals surface area contributed by atoms with Crippen molar-refractivity contribution in [1.29, 1.82) is 0 Å². The topological polar surface area (TPSA) is 69.0 Å². The molecule has 0 N–H and O–H groups in total. The minimum atomic E-state index is -0.483. The molecule has 0 saturated carbocycles. The zero-order chi connectivity index (χ0) is 13.1. The van der Waals surface area contributed by atoms with Crippen LogP contribution in [0.4, 0.5) is 5.82 Å². The highest BCUT2D eigenvalue weighted by atomic mass is 16.6. The molecule has 0 bridgehead atoms. The Labute approximate surface area is 103 Å². The molecule has 2 rings (SSSR count). The van der Waals surface area contributed by atoms with Crippen molar-refractivity contribution in [2.45, 2.75) is 6.54 Å². The smallest absolute Gasteiger partial charge is 0.358 e. The lowest BCUT2D eigenvalue weighted by molar-refractivity contribution is -0.683. The second-order valence-corrected chi connectivity index (χ2v) is 3.93. The summed E-state index contributed by atoms with van der Waals surface area (Å²) in [5.41, 5.74) is 0.594. The molecule has 0 fully saturated rings. The zero-order valence-electron chi connectivity index (χ0n) is 9.81. The van der Waals surface area contributed by atoms with Crippen LogP contribution in [0.15, 0.2) is 42.9 Å². The van der Waals surface area contributed by atoms with Gasteiger partial charge in [0.1, 0.15) is 0 Å². The highest BCUT2D eigenvalue weighted by Gasteiger charge is 2.17. The van der Waals surface area contributed by atoms with Crippen LogP contribution in [0.1, 0.15) is 10.4 Å². The quantitative estimate of drug-likeness (QED) is 0.351. The summed E-state index contributed by atoms with van der Waals surface area (Å²) in [7, 11) is 1.57. The monoisotopic (exact) mass is 246 g/mol. The predicted octanol–water partition coefficient (Wildman–Crippen LogP) is 1.10. The summed E-state index contributed by atoms with van der Waals surface area (Å²) in [5.74, 6) is -0.128. The number of ketones is 1. The molecular formula is C12H12N3O3+. The Morgan fingerprint density at radius 3 is 2.61 bits per heavy atom. The Kier molecular flexibility index (Phi) is 3.18. The SMILES string of the molecule is Cn1c[n+](CC(=O)c2ccccc2)cc1[N+](=O)[O-]. The highest BCUT2D eigenvalue weighted by molar-refractivity contribution is 5.94. The fourth-order valence-corrected chi connectivity index (χ4v) is 1.70. The van der Waals surface area contributed by atoms with Crippen LogP contribution in [0.3, 0.4) is 0 Å². The molecule has 0 aliphatic heterocycles. The van der Waals surface area contributed by atoms with E-state index in [0.717, 1.165) is 0 Å². The lowest BCUT2D eigenvalue weighted by Crippen LogP contribution is -2.35. The molecule has 1 aromatic heterocycles. The predicted molar refractivity (Wildman–Crippen MR) is 63.0 cm³/mol. The third kappa shape index (κ3) is 2.42. The summed E-state index contributed by atoms with van der Waals surface area (Å²) in [6.07, 6.45) is 2.87. The van der Waals surface area contributed by atoms with E-state index in [2.05, 4.69) is 0 Å². The molecule has 0 radical (unpaired) electrons. The second kappa shape index (κ2) is 4.79. The molecule has 18 heavy (non-hydrogen) atoms. The number of benzene rings is 1. The number of nitrogens with zero attached hydrogens (tertiary/aromatic N) is 3. The lowest BCUT2D eigenvalue weighted by atomic mass is 10.1. The van der Waals surface area contributed by atoms with E-state index >= 15 is 0 Å². The molecular weight excluding hydrogens is 234 g/mol. The maximum atomic E-state index is 11.9. The van der Waals surface area contributed by atoms with Gasteiger partial charge in [-0.25, -0.2) is 4.57 Å². The van der Waals surface area contributed by atoms with E-state index in [1.54, 1.807) is 31.3 Å². The van der Waals surface area contributed by atoms with Crippen LogP contribution in [0.25, 0.3) is 0 Å². The molecule has 0 atom stereocenters. The van der Waals surface area contributed by atoms with Gasteiger partial charge in [0.05, 0.1) is 7.05 Å². The standard InChI is InChI=1S/C12H12N3O3/c1-13-9-14(8-12(13)15(17)18)7-11(16)10-5-3-2-4-6-10/h2-6,8-9H,7H2,1H3/q+1. The Morgan fingerprint density at radius 1 is 1.39 bits per heavy atom. The van der Waals surface area contributed by atoms with Crippen molar-refractivity contribution >= 4 is 11.6 Å². The molecule has 0 unspecified atom stereocenters. The van der Waals surface area contributed by atoms with Crippen LogP contribution in [0.5, 0.6) is 0 Å². The minimum absolute atomic E-state index is 0.0455. The van der Waals surface area contributed by atoms with E-state index in [1.165, 1.54) is 21.7 Å². The van der Waals surface area contributed by atoms with Crippen LogP contribution >= 0.6 is 0 Å². The molecule has 2 aromatic rings. The maximum absolute atomic E-state index is 11.9. The average Bonchev–Trinajstić information content (AvgIpc) is 2.71. The van der Waals surface area contributed by atoms with E-state index in [-0.39, 0.29) is 18.1 Å². The van der Waals surface area contributed by atoms with Gasteiger partial charge in [-0.3, -0.25) is 4.79 Å². The molecule has 0 saturated heterocycles. The summed E-state index contributed by atoms with van der Waals surface area (Å²) >= 11 is 0. The average molecular weight is 246 g/mol. The highest BCUT2D eigenvalue weighted by Crippen LogP contribution is 2.06. The first-order chi connectivity index (χ1) is 8.58. The minimum Gasteiger partial charge on any atom is -0.358 e. The molecule has 0 spiro atoms. The number of imidazole rings is 1. The number of aryl methyl sites for hydroxylation is 1. The van der Waals surface area contributed by atoms with E-state index in [4.69, 9.17) is 0 Å². The zero-order valence-corrected chi connectivity index (χ0v) is 9.81. The van der Waals surface area contributed by atoms with Crippen molar-refractivity contribution in [1.82, 2.24) is 4.57 Å². The Morgan fingerprint density at radius 2 is 2.06 bits per heavy atom. The number of carbonyl (C=O) groups is 1. The van der Waals surface area contributed by atoms with Gasteiger partial charge in [-0.2, -0.15) is 4.57 Å². The lowest BCUT2D eigenvalue weighted by Gasteiger charge is -1.96. The number of hydrogen-bond acceptors (Lipinski definition) is 3. The van der Waals surface area contributed by atoms with E-state index < -0.39 is 4.92 Å². The van der Waals surface area contributed by atoms with Crippen molar-refractivity contribution in [2.24, 2.45) is 7.05 Å². The molecule has 92 valence electrons. The molecule has 0 aliphatic carbocycles. The van der Waals surface area contributed by atoms with Crippen molar-refractivity contribution < 1.29 is 14.3 Å². The van der Waals surface area contributed by atoms with Gasteiger partial charge in [-0.1, -0.05) is 30.3 Å². The summed E-state index contributed by atoms with van der Waals surface area (Å²) in [6, 6.07) is 8.84. The number of nitro groups is 1. The first kappa shape index (κ1) is 12.0. The molecule has 0 amide bonds. The van der Waals surface area contributed by atoms with E-state index in [9.17, 15) is 14.9 Å². The van der Waals surface area contributed by atoms with Gasteiger partial charge in [0.15, 0.2) is 12.7 Å². The maximum Gasteiger partial charge on any atom is 0.364 e. The van der Waals surface area contributed by atoms with Gasteiger partial charge in [0.25, 0.3) is 0 Å². The fourth-order valence-electron chi connectivity index (χ4n) is 1.70. The Balaban J connectivity index is 2.18. The normalized spacial score (nSPS) is 10.3. The van der Waals surface area contributed by atoms with Crippen molar-refractivity contribution in [3.63, 3.8) is 0 Å². The van der Waals surface area contributed by atoms with Crippen LogP contribution in [0, 0.1) is 10.1 Å². The summed E-state index contributed by atoms with van der Waals surface area (Å²) in [5, 5.41) is 10.7. The van der Waals surface area contributed by atoms with Crippen LogP contribution in [-0.2, 0) is 13.6 Å². The van der Waals surface area contributed by atoms with E-state index in [0.29, 0.717) is 5.56 Å². The van der Waals surface area contributed by atoms with Crippen LogP contribution in [0.2, 0.25) is 0 Å². The van der Waals surface area contributed by atoms with Crippen LogP contribution < -0.4 is 4.57 Å². The Hall–Kier alpha value is -2.50. The van der Waals surface area contributed by atoms with Crippen molar-refractivity contribution in [3.8, 4) is 0 Å². The largest absolute Gasteiger partial charge is 0.364 e. The number of Topliss-reactive ketones (excluding diaryl/α,β-unsaturated/α-hetero) is 1. The van der Waals surface area contributed by atoms with E-state index in [1.807, 2.05) is 6.07 Å². The van der Waals surface area contributed by atoms with Crippen molar-refractivity contribution in [3.05, 3.63) is 58.5 Å². The summed E-state index contributed by atoms with van der Waals surface area (Å²) in [6.45, 7) is 0.0890. The molecule has 1 heterocycles. The summed E-state index contributed by atoms with van der Waals surface area (Å²) in [4.78, 5) is 22.1. The van der Waals surface area contributed by atoms with Gasteiger partial charge < -0.3 is 10.1 Å². The number of rotatable bonds is 4. The third-order valence-corrected chi connectivity index (χ3v) is 2.57. The van der Waals surface area contributed by atoms with Gasteiger partial charge in [0, 0.05) is 5.56 Å². The molecule has 1 aromatic carbocycles. The van der Waals surface area contributed by atoms with Crippen molar-refractivity contribution in [2.75, 3.05) is 0 Å². The first-order valence-corrected chi connectivity index (χ1v) is 5.36. The third-order valence-electron chi connectivity index (χ3n) is 2.57. The number of carbonyl (C=O) groups excluding carboxylic acids is 1. The summed E-state index contributed by atoms with van der Waals surface area (Å²) < 4.78 is 2.88.